The zero-order valence-corrected chi connectivity index (χ0v) is 11.1. The molecule has 1 aromatic carbocycles. The van der Waals surface area contributed by atoms with Crippen molar-refractivity contribution in [2.45, 2.75) is 20.8 Å². The minimum absolute atomic E-state index is 0.735. The van der Waals surface area contributed by atoms with E-state index in [1.54, 1.807) is 0 Å². The lowest BCUT2D eigenvalue weighted by Gasteiger charge is -2.23. The van der Waals surface area contributed by atoms with Crippen LogP contribution in [0, 0.1) is 13.8 Å². The Labute approximate surface area is 108 Å². The standard InChI is InChI=1S/C15H19N3/c1-4-18(13-7-5-6-11(2)10-13)15-9-8-14(16)12(3)17-15/h5-10H,4,16H2,1-3H3. The highest BCUT2D eigenvalue weighted by Crippen LogP contribution is 2.25. The molecule has 0 saturated carbocycles. The number of nitrogens with two attached hydrogens (primary N) is 1. The Hall–Kier alpha value is -2.03. The summed E-state index contributed by atoms with van der Waals surface area (Å²) in [6, 6.07) is 12.3. The minimum atomic E-state index is 0.735. The van der Waals surface area contributed by atoms with Gasteiger partial charge in [-0.1, -0.05) is 12.1 Å². The van der Waals surface area contributed by atoms with Gasteiger partial charge in [-0.15, -0.1) is 0 Å². The summed E-state index contributed by atoms with van der Waals surface area (Å²) < 4.78 is 0. The third-order valence-electron chi connectivity index (χ3n) is 3.02. The van der Waals surface area contributed by atoms with Gasteiger partial charge in [0.05, 0.1) is 11.4 Å². The van der Waals surface area contributed by atoms with E-state index in [1.807, 2.05) is 19.1 Å². The molecule has 3 nitrogen and oxygen atoms in total. The van der Waals surface area contributed by atoms with Crippen LogP contribution in [0.15, 0.2) is 36.4 Å². The maximum Gasteiger partial charge on any atom is 0.133 e. The van der Waals surface area contributed by atoms with Crippen molar-refractivity contribution >= 4 is 17.2 Å². The topological polar surface area (TPSA) is 42.1 Å². The molecule has 0 radical (unpaired) electrons. The molecule has 2 rings (SSSR count). The van der Waals surface area contributed by atoms with E-state index in [2.05, 4.69) is 48.0 Å². The number of rotatable bonds is 3. The van der Waals surface area contributed by atoms with Gasteiger partial charge in [0.2, 0.25) is 0 Å². The summed E-state index contributed by atoms with van der Waals surface area (Å²) in [6.45, 7) is 7.03. The van der Waals surface area contributed by atoms with Crippen LogP contribution >= 0.6 is 0 Å². The van der Waals surface area contributed by atoms with E-state index in [1.165, 1.54) is 5.56 Å². The number of benzene rings is 1. The molecule has 0 aliphatic rings. The van der Waals surface area contributed by atoms with Crippen molar-refractivity contribution in [2.75, 3.05) is 17.2 Å². The van der Waals surface area contributed by atoms with E-state index < -0.39 is 0 Å². The molecule has 2 aromatic rings. The summed E-state index contributed by atoms with van der Waals surface area (Å²) in [7, 11) is 0. The average molecular weight is 241 g/mol. The van der Waals surface area contributed by atoms with E-state index in [9.17, 15) is 0 Å². The van der Waals surface area contributed by atoms with Crippen LogP contribution in [0.2, 0.25) is 0 Å². The fourth-order valence-electron chi connectivity index (χ4n) is 1.98. The zero-order valence-electron chi connectivity index (χ0n) is 11.1. The van der Waals surface area contributed by atoms with E-state index in [0.717, 1.165) is 29.4 Å². The summed E-state index contributed by atoms with van der Waals surface area (Å²) in [5, 5.41) is 0. The molecule has 0 saturated heterocycles. The minimum Gasteiger partial charge on any atom is -0.397 e. The van der Waals surface area contributed by atoms with Crippen molar-refractivity contribution in [3.8, 4) is 0 Å². The molecule has 0 aliphatic carbocycles. The average Bonchev–Trinajstić information content (AvgIpc) is 2.35. The van der Waals surface area contributed by atoms with Crippen LogP contribution in [-0.4, -0.2) is 11.5 Å². The zero-order chi connectivity index (χ0) is 13.1. The van der Waals surface area contributed by atoms with E-state index in [0.29, 0.717) is 0 Å². The quantitative estimate of drug-likeness (QED) is 0.895. The van der Waals surface area contributed by atoms with E-state index >= 15 is 0 Å². The number of aromatic nitrogens is 1. The lowest BCUT2D eigenvalue weighted by atomic mass is 10.2. The molecule has 1 aromatic heterocycles. The van der Waals surface area contributed by atoms with Crippen LogP contribution in [0.4, 0.5) is 17.2 Å². The van der Waals surface area contributed by atoms with Crippen LogP contribution < -0.4 is 10.6 Å². The third kappa shape index (κ3) is 2.45. The Morgan fingerprint density at radius 2 is 1.94 bits per heavy atom. The number of hydrogen-bond donors (Lipinski definition) is 1. The fraction of sp³-hybridized carbons (Fsp3) is 0.267. The van der Waals surface area contributed by atoms with Crippen LogP contribution in [0.5, 0.6) is 0 Å². The molecule has 0 aliphatic heterocycles. The van der Waals surface area contributed by atoms with Crippen molar-refractivity contribution in [3.63, 3.8) is 0 Å². The van der Waals surface area contributed by atoms with Gasteiger partial charge in [0, 0.05) is 12.2 Å². The first-order valence-corrected chi connectivity index (χ1v) is 6.19. The first kappa shape index (κ1) is 12.4. The Kier molecular flexibility index (Phi) is 3.51. The molecule has 0 amide bonds. The number of hydrogen-bond acceptors (Lipinski definition) is 3. The second-order valence-electron chi connectivity index (χ2n) is 4.43. The maximum atomic E-state index is 5.81. The van der Waals surface area contributed by atoms with Crippen LogP contribution in [0.25, 0.3) is 0 Å². The molecule has 94 valence electrons. The molecule has 3 heteroatoms. The van der Waals surface area contributed by atoms with Crippen molar-refractivity contribution < 1.29 is 0 Å². The van der Waals surface area contributed by atoms with Crippen molar-refractivity contribution in [1.82, 2.24) is 4.98 Å². The van der Waals surface area contributed by atoms with Gasteiger partial charge in [0.25, 0.3) is 0 Å². The summed E-state index contributed by atoms with van der Waals surface area (Å²) >= 11 is 0. The van der Waals surface area contributed by atoms with Crippen molar-refractivity contribution in [1.29, 1.82) is 0 Å². The van der Waals surface area contributed by atoms with Gasteiger partial charge in [-0.3, -0.25) is 0 Å². The van der Waals surface area contributed by atoms with Crippen LogP contribution in [0.1, 0.15) is 18.2 Å². The highest BCUT2D eigenvalue weighted by molar-refractivity contribution is 5.62. The van der Waals surface area contributed by atoms with Gasteiger partial charge in [0.1, 0.15) is 5.82 Å². The molecule has 0 bridgehead atoms. The normalized spacial score (nSPS) is 10.4. The third-order valence-corrected chi connectivity index (χ3v) is 3.02. The molecular formula is C15H19N3. The first-order chi connectivity index (χ1) is 8.61. The Morgan fingerprint density at radius 1 is 1.17 bits per heavy atom. The Balaban J connectivity index is 2.42. The number of aryl methyl sites for hydroxylation is 2. The monoisotopic (exact) mass is 241 g/mol. The van der Waals surface area contributed by atoms with Gasteiger partial charge in [0.15, 0.2) is 0 Å². The van der Waals surface area contributed by atoms with Crippen LogP contribution in [0.3, 0.4) is 0 Å². The van der Waals surface area contributed by atoms with Gasteiger partial charge >= 0.3 is 0 Å². The molecule has 0 fully saturated rings. The van der Waals surface area contributed by atoms with Crippen LogP contribution in [-0.2, 0) is 0 Å². The second kappa shape index (κ2) is 5.08. The predicted molar refractivity (Wildman–Crippen MR) is 77.2 cm³/mol. The fourth-order valence-corrected chi connectivity index (χ4v) is 1.98. The maximum absolute atomic E-state index is 5.81. The summed E-state index contributed by atoms with van der Waals surface area (Å²) in [5.41, 5.74) is 9.83. The van der Waals surface area contributed by atoms with E-state index in [4.69, 9.17) is 5.73 Å². The predicted octanol–water partition coefficient (Wildman–Crippen LogP) is 3.44. The van der Waals surface area contributed by atoms with Crippen molar-refractivity contribution in [3.05, 3.63) is 47.7 Å². The molecule has 1 heterocycles. The molecule has 2 N–H and O–H groups in total. The number of anilines is 3. The van der Waals surface area contributed by atoms with Gasteiger partial charge < -0.3 is 10.6 Å². The molecule has 0 atom stereocenters. The largest absolute Gasteiger partial charge is 0.397 e. The van der Waals surface area contributed by atoms with Crippen molar-refractivity contribution in [2.24, 2.45) is 0 Å². The summed E-state index contributed by atoms with van der Waals surface area (Å²) in [6.07, 6.45) is 0. The molecule has 18 heavy (non-hydrogen) atoms. The van der Waals surface area contributed by atoms with Gasteiger partial charge in [-0.2, -0.15) is 0 Å². The smallest absolute Gasteiger partial charge is 0.133 e. The lowest BCUT2D eigenvalue weighted by Crippen LogP contribution is -2.17. The molecule has 0 spiro atoms. The Bertz CT molecular complexity index is 549. The van der Waals surface area contributed by atoms with Gasteiger partial charge in [-0.05, 0) is 50.6 Å². The number of pyridine rings is 1. The first-order valence-electron chi connectivity index (χ1n) is 6.19. The highest BCUT2D eigenvalue weighted by atomic mass is 15.2. The SMILES string of the molecule is CCN(c1cccc(C)c1)c1ccc(N)c(C)n1. The Morgan fingerprint density at radius 3 is 2.56 bits per heavy atom. The molecule has 0 unspecified atom stereocenters. The van der Waals surface area contributed by atoms with E-state index in [-0.39, 0.29) is 0 Å². The summed E-state index contributed by atoms with van der Waals surface area (Å²) in [4.78, 5) is 6.73. The number of nitrogens with zero attached hydrogens (tertiary/aromatic N) is 2. The number of nitrogen functional groups attached to an aromatic ring is 1. The van der Waals surface area contributed by atoms with Gasteiger partial charge in [-0.25, -0.2) is 4.98 Å². The summed E-state index contributed by atoms with van der Waals surface area (Å²) in [5.74, 6) is 0.940. The highest BCUT2D eigenvalue weighted by Gasteiger charge is 2.09. The lowest BCUT2D eigenvalue weighted by molar-refractivity contribution is 0.979. The molecular weight excluding hydrogens is 222 g/mol. The second-order valence-corrected chi connectivity index (χ2v) is 4.43.